The molecule has 2 N–H and O–H groups in total. The van der Waals surface area contributed by atoms with Crippen LogP contribution in [0, 0.1) is 10.1 Å². The van der Waals surface area contributed by atoms with E-state index in [1.165, 1.54) is 19.2 Å². The van der Waals surface area contributed by atoms with Gasteiger partial charge < -0.3 is 15.2 Å². The van der Waals surface area contributed by atoms with Crippen LogP contribution in [0.5, 0.6) is 11.5 Å². The van der Waals surface area contributed by atoms with Crippen LogP contribution in [0.3, 0.4) is 0 Å². The Bertz CT molecular complexity index is 658. The third-order valence-electron chi connectivity index (χ3n) is 3.27. The zero-order valence-electron chi connectivity index (χ0n) is 11.4. The average Bonchev–Trinajstić information content (AvgIpc) is 2.77. The summed E-state index contributed by atoms with van der Waals surface area (Å²) in [6.07, 6.45) is -0.162. The third-order valence-corrected chi connectivity index (χ3v) is 5.00. The quantitative estimate of drug-likeness (QED) is 0.624. The first kappa shape index (κ1) is 15.5. The lowest BCUT2D eigenvalue weighted by Crippen LogP contribution is -2.18. The van der Waals surface area contributed by atoms with Crippen LogP contribution >= 0.6 is 0 Å². The molecule has 1 saturated heterocycles. The van der Waals surface area contributed by atoms with E-state index in [-0.39, 0.29) is 29.5 Å². The second-order valence-corrected chi connectivity index (χ2v) is 6.96. The summed E-state index contributed by atoms with van der Waals surface area (Å²) < 4.78 is 33.6. The lowest BCUT2D eigenvalue weighted by Gasteiger charge is -2.16. The van der Waals surface area contributed by atoms with E-state index >= 15 is 0 Å². The van der Waals surface area contributed by atoms with Crippen molar-refractivity contribution in [3.05, 3.63) is 27.8 Å². The van der Waals surface area contributed by atoms with Gasteiger partial charge in [0.2, 0.25) is 0 Å². The fourth-order valence-electron chi connectivity index (χ4n) is 2.21. The Morgan fingerprint density at radius 2 is 2.14 bits per heavy atom. The van der Waals surface area contributed by atoms with Gasteiger partial charge in [-0.1, -0.05) is 0 Å². The van der Waals surface area contributed by atoms with E-state index in [4.69, 9.17) is 15.2 Å². The summed E-state index contributed by atoms with van der Waals surface area (Å²) in [6, 6.07) is 2.67. The van der Waals surface area contributed by atoms with Crippen LogP contribution in [-0.2, 0) is 16.4 Å². The molecule has 1 aromatic rings. The van der Waals surface area contributed by atoms with Crippen molar-refractivity contribution in [3.8, 4) is 11.5 Å². The van der Waals surface area contributed by atoms with Gasteiger partial charge in [0.1, 0.15) is 6.10 Å². The van der Waals surface area contributed by atoms with Gasteiger partial charge in [-0.3, -0.25) is 10.1 Å². The van der Waals surface area contributed by atoms with Gasteiger partial charge >= 0.3 is 0 Å². The van der Waals surface area contributed by atoms with Gasteiger partial charge in [0.25, 0.3) is 5.69 Å². The number of nitro benzene ring substituents is 1. The number of nitro groups is 1. The number of hydrogen-bond donors (Lipinski definition) is 1. The molecule has 1 heterocycles. The van der Waals surface area contributed by atoms with Crippen LogP contribution < -0.4 is 15.2 Å². The number of ether oxygens (including phenoxy) is 2. The monoisotopic (exact) mass is 316 g/mol. The van der Waals surface area contributed by atoms with Crippen molar-refractivity contribution < 1.29 is 22.8 Å². The second-order valence-electron chi connectivity index (χ2n) is 4.74. The number of nitrogens with two attached hydrogens (primary N) is 1. The fourth-order valence-corrected chi connectivity index (χ4v) is 3.80. The van der Waals surface area contributed by atoms with Crippen LogP contribution in [-0.4, -0.2) is 38.1 Å². The first-order valence-corrected chi connectivity index (χ1v) is 8.11. The van der Waals surface area contributed by atoms with Gasteiger partial charge in [-0.25, -0.2) is 8.42 Å². The predicted molar refractivity (Wildman–Crippen MR) is 75.2 cm³/mol. The molecule has 0 saturated carbocycles. The van der Waals surface area contributed by atoms with E-state index in [1.54, 1.807) is 0 Å². The van der Waals surface area contributed by atoms with Crippen molar-refractivity contribution in [1.82, 2.24) is 0 Å². The Labute approximate surface area is 121 Å². The average molecular weight is 316 g/mol. The minimum Gasteiger partial charge on any atom is -0.493 e. The topological polar surface area (TPSA) is 122 Å². The maximum Gasteiger partial charge on any atom is 0.277 e. The highest BCUT2D eigenvalue weighted by Gasteiger charge is 2.31. The van der Waals surface area contributed by atoms with Gasteiger partial charge in [-0.15, -0.1) is 0 Å². The van der Waals surface area contributed by atoms with Crippen LogP contribution in [0.2, 0.25) is 0 Å². The molecule has 9 heteroatoms. The number of nitrogens with zero attached hydrogens (tertiary/aromatic N) is 1. The maximum atomic E-state index is 11.4. The minimum atomic E-state index is -3.09. The first-order chi connectivity index (χ1) is 9.86. The standard InChI is InChI=1S/C12H16N2O6S/c1-19-11-4-8(6-13)10(14(15)16)5-12(11)20-9-2-3-21(17,18)7-9/h4-5,9H,2-3,6-7,13H2,1H3. The molecule has 2 rings (SSSR count). The molecule has 0 radical (unpaired) electrons. The van der Waals surface area contributed by atoms with E-state index in [0.29, 0.717) is 17.7 Å². The van der Waals surface area contributed by atoms with Crippen LogP contribution in [0.15, 0.2) is 12.1 Å². The summed E-state index contributed by atoms with van der Waals surface area (Å²) >= 11 is 0. The van der Waals surface area contributed by atoms with Crippen molar-refractivity contribution >= 4 is 15.5 Å². The van der Waals surface area contributed by atoms with E-state index in [1.807, 2.05) is 0 Å². The summed E-state index contributed by atoms with van der Waals surface area (Å²) in [7, 11) is -1.69. The van der Waals surface area contributed by atoms with Crippen molar-refractivity contribution in [2.75, 3.05) is 18.6 Å². The Morgan fingerprint density at radius 3 is 2.62 bits per heavy atom. The van der Waals surface area contributed by atoms with Crippen molar-refractivity contribution in [3.63, 3.8) is 0 Å². The molecule has 1 aliphatic heterocycles. The van der Waals surface area contributed by atoms with Crippen molar-refractivity contribution in [1.29, 1.82) is 0 Å². The number of methoxy groups -OCH3 is 1. The number of sulfone groups is 1. The molecular weight excluding hydrogens is 300 g/mol. The molecule has 1 aliphatic rings. The first-order valence-electron chi connectivity index (χ1n) is 6.28. The van der Waals surface area contributed by atoms with Crippen LogP contribution in [0.4, 0.5) is 5.69 Å². The Hall–Kier alpha value is -1.87. The molecular formula is C12H16N2O6S. The Morgan fingerprint density at radius 1 is 1.43 bits per heavy atom. The van der Waals surface area contributed by atoms with Gasteiger partial charge in [0.05, 0.1) is 29.6 Å². The molecule has 0 amide bonds. The number of benzene rings is 1. The summed E-state index contributed by atoms with van der Waals surface area (Å²) in [4.78, 5) is 10.5. The molecule has 0 aromatic heterocycles. The molecule has 21 heavy (non-hydrogen) atoms. The van der Waals surface area contributed by atoms with E-state index in [9.17, 15) is 18.5 Å². The van der Waals surface area contributed by atoms with Gasteiger partial charge in [-0.2, -0.15) is 0 Å². The number of hydrogen-bond acceptors (Lipinski definition) is 7. The molecule has 1 atom stereocenters. The largest absolute Gasteiger partial charge is 0.493 e. The molecule has 0 aliphatic carbocycles. The SMILES string of the molecule is COc1cc(CN)c([N+](=O)[O-])cc1OC1CCS(=O)(=O)C1. The van der Waals surface area contributed by atoms with Crippen molar-refractivity contribution in [2.45, 2.75) is 19.1 Å². The summed E-state index contributed by atoms with van der Waals surface area (Å²) in [5, 5.41) is 11.0. The molecule has 0 spiro atoms. The lowest BCUT2D eigenvalue weighted by atomic mass is 10.1. The zero-order chi connectivity index (χ0) is 15.6. The second kappa shape index (κ2) is 5.86. The maximum absolute atomic E-state index is 11.4. The molecule has 0 bridgehead atoms. The van der Waals surface area contributed by atoms with E-state index in [2.05, 4.69) is 0 Å². The van der Waals surface area contributed by atoms with Gasteiger partial charge in [0.15, 0.2) is 21.3 Å². The van der Waals surface area contributed by atoms with Crippen molar-refractivity contribution in [2.24, 2.45) is 5.73 Å². The highest BCUT2D eigenvalue weighted by molar-refractivity contribution is 7.91. The highest BCUT2D eigenvalue weighted by atomic mass is 32.2. The lowest BCUT2D eigenvalue weighted by molar-refractivity contribution is -0.385. The highest BCUT2D eigenvalue weighted by Crippen LogP contribution is 2.36. The Balaban J connectivity index is 2.34. The summed E-state index contributed by atoms with van der Waals surface area (Å²) in [6.45, 7) is -0.00917. The molecule has 1 aromatic carbocycles. The number of rotatable bonds is 5. The summed E-state index contributed by atoms with van der Waals surface area (Å²) in [5.41, 5.74) is 5.63. The Kier molecular flexibility index (Phi) is 4.33. The van der Waals surface area contributed by atoms with Crippen LogP contribution in [0.1, 0.15) is 12.0 Å². The van der Waals surface area contributed by atoms with Crippen LogP contribution in [0.25, 0.3) is 0 Å². The molecule has 8 nitrogen and oxygen atoms in total. The van der Waals surface area contributed by atoms with Gasteiger partial charge in [-0.05, 0) is 12.5 Å². The zero-order valence-corrected chi connectivity index (χ0v) is 12.3. The fraction of sp³-hybridized carbons (Fsp3) is 0.500. The third kappa shape index (κ3) is 3.42. The van der Waals surface area contributed by atoms with Gasteiger partial charge in [0, 0.05) is 12.1 Å². The summed E-state index contributed by atoms with van der Waals surface area (Å²) in [5.74, 6) is 0.416. The molecule has 1 fully saturated rings. The minimum absolute atomic E-state index is 0.00917. The smallest absolute Gasteiger partial charge is 0.277 e. The molecule has 116 valence electrons. The predicted octanol–water partition coefficient (Wildman–Crippen LogP) is 0.628. The molecule has 1 unspecified atom stereocenters. The normalized spacial score (nSPS) is 20.2. The van der Waals surface area contributed by atoms with E-state index in [0.717, 1.165) is 0 Å². The van der Waals surface area contributed by atoms with E-state index < -0.39 is 20.9 Å².